The summed E-state index contributed by atoms with van der Waals surface area (Å²) in [5, 5.41) is 3.43. The van der Waals surface area contributed by atoms with E-state index < -0.39 is 0 Å². The molecule has 4 nitrogen and oxygen atoms in total. The molecule has 1 N–H and O–H groups in total. The van der Waals surface area contributed by atoms with Crippen molar-refractivity contribution >= 4 is 5.95 Å². The van der Waals surface area contributed by atoms with Crippen molar-refractivity contribution in [1.29, 1.82) is 0 Å². The SMILES string of the molecule is CCn1ccnc1N1CCN[C@H](C)C1. The molecule has 1 saturated heterocycles. The minimum Gasteiger partial charge on any atom is -0.339 e. The summed E-state index contributed by atoms with van der Waals surface area (Å²) >= 11 is 0. The fraction of sp³-hybridized carbons (Fsp3) is 0.700. The van der Waals surface area contributed by atoms with Crippen LogP contribution in [0.3, 0.4) is 0 Å². The highest BCUT2D eigenvalue weighted by molar-refractivity contribution is 5.32. The molecule has 1 atom stereocenters. The van der Waals surface area contributed by atoms with Crippen molar-refractivity contribution < 1.29 is 0 Å². The van der Waals surface area contributed by atoms with Crippen molar-refractivity contribution in [2.24, 2.45) is 0 Å². The van der Waals surface area contributed by atoms with Crippen LogP contribution in [0.4, 0.5) is 5.95 Å². The third kappa shape index (κ3) is 1.75. The van der Waals surface area contributed by atoms with E-state index in [2.05, 4.69) is 33.6 Å². The fourth-order valence-corrected chi connectivity index (χ4v) is 1.95. The molecular formula is C10H18N4. The maximum atomic E-state index is 4.41. The van der Waals surface area contributed by atoms with Crippen LogP contribution in [0.5, 0.6) is 0 Å². The van der Waals surface area contributed by atoms with Crippen LogP contribution in [-0.2, 0) is 6.54 Å². The van der Waals surface area contributed by atoms with Gasteiger partial charge in [0.05, 0.1) is 0 Å². The summed E-state index contributed by atoms with van der Waals surface area (Å²) in [4.78, 5) is 6.76. The molecule has 1 fully saturated rings. The van der Waals surface area contributed by atoms with Gasteiger partial charge in [0.1, 0.15) is 0 Å². The zero-order valence-corrected chi connectivity index (χ0v) is 8.90. The van der Waals surface area contributed by atoms with Crippen molar-refractivity contribution in [3.05, 3.63) is 12.4 Å². The van der Waals surface area contributed by atoms with Gasteiger partial charge in [0.25, 0.3) is 0 Å². The lowest BCUT2D eigenvalue weighted by molar-refractivity contribution is 0.474. The van der Waals surface area contributed by atoms with Gasteiger partial charge in [-0.3, -0.25) is 0 Å². The molecule has 0 saturated carbocycles. The zero-order valence-electron chi connectivity index (χ0n) is 8.90. The number of anilines is 1. The van der Waals surface area contributed by atoms with Gasteiger partial charge in [-0.25, -0.2) is 4.98 Å². The molecule has 0 bridgehead atoms. The molecule has 1 aromatic heterocycles. The van der Waals surface area contributed by atoms with Gasteiger partial charge < -0.3 is 14.8 Å². The van der Waals surface area contributed by atoms with E-state index in [9.17, 15) is 0 Å². The Morgan fingerprint density at radius 1 is 1.64 bits per heavy atom. The molecule has 2 heterocycles. The van der Waals surface area contributed by atoms with Crippen molar-refractivity contribution in [2.45, 2.75) is 26.4 Å². The summed E-state index contributed by atoms with van der Waals surface area (Å²) in [6.45, 7) is 8.52. The Balaban J connectivity index is 2.13. The molecule has 4 heteroatoms. The Morgan fingerprint density at radius 2 is 2.50 bits per heavy atom. The Hall–Kier alpha value is -1.03. The standard InChI is InChI=1S/C10H18N4/c1-3-13-6-5-12-10(13)14-7-4-11-9(2)8-14/h5-6,9,11H,3-4,7-8H2,1-2H3/t9-/m1/s1. The predicted octanol–water partition coefficient (Wildman–Crippen LogP) is 0.701. The van der Waals surface area contributed by atoms with Crippen LogP contribution in [-0.4, -0.2) is 35.2 Å². The van der Waals surface area contributed by atoms with Crippen LogP contribution >= 0.6 is 0 Å². The molecule has 0 radical (unpaired) electrons. The second-order valence-corrected chi connectivity index (χ2v) is 3.81. The lowest BCUT2D eigenvalue weighted by atomic mass is 10.2. The highest BCUT2D eigenvalue weighted by Crippen LogP contribution is 2.13. The van der Waals surface area contributed by atoms with Crippen molar-refractivity contribution in [3.63, 3.8) is 0 Å². The molecular weight excluding hydrogens is 176 g/mol. The van der Waals surface area contributed by atoms with Crippen LogP contribution in [0.1, 0.15) is 13.8 Å². The third-order valence-corrected chi connectivity index (χ3v) is 2.69. The number of aromatic nitrogens is 2. The number of nitrogens with zero attached hydrogens (tertiary/aromatic N) is 3. The quantitative estimate of drug-likeness (QED) is 0.752. The first kappa shape index (κ1) is 9.52. The first-order chi connectivity index (χ1) is 6.81. The average Bonchev–Trinajstić information content (AvgIpc) is 2.65. The van der Waals surface area contributed by atoms with Gasteiger partial charge in [-0.05, 0) is 13.8 Å². The minimum atomic E-state index is 0.561. The number of piperazine rings is 1. The summed E-state index contributed by atoms with van der Waals surface area (Å²) in [7, 11) is 0. The molecule has 0 amide bonds. The van der Waals surface area contributed by atoms with Crippen LogP contribution in [0.15, 0.2) is 12.4 Å². The molecule has 1 aliphatic rings. The predicted molar refractivity (Wildman–Crippen MR) is 57.6 cm³/mol. The van der Waals surface area contributed by atoms with Crippen LogP contribution in [0.25, 0.3) is 0 Å². The van der Waals surface area contributed by atoms with Gasteiger partial charge in [-0.2, -0.15) is 0 Å². The minimum absolute atomic E-state index is 0.561. The van der Waals surface area contributed by atoms with Crippen molar-refractivity contribution in [1.82, 2.24) is 14.9 Å². The first-order valence-electron chi connectivity index (χ1n) is 5.30. The Kier molecular flexibility index (Phi) is 2.72. The van der Waals surface area contributed by atoms with Gasteiger partial charge in [0.15, 0.2) is 0 Å². The van der Waals surface area contributed by atoms with E-state index in [0.29, 0.717) is 6.04 Å². The monoisotopic (exact) mass is 194 g/mol. The second-order valence-electron chi connectivity index (χ2n) is 3.81. The summed E-state index contributed by atoms with van der Waals surface area (Å²) in [5.41, 5.74) is 0. The molecule has 78 valence electrons. The van der Waals surface area contributed by atoms with Crippen LogP contribution < -0.4 is 10.2 Å². The third-order valence-electron chi connectivity index (χ3n) is 2.69. The molecule has 0 spiro atoms. The molecule has 2 rings (SSSR count). The smallest absolute Gasteiger partial charge is 0.205 e. The highest BCUT2D eigenvalue weighted by Gasteiger charge is 2.18. The summed E-state index contributed by atoms with van der Waals surface area (Å²) < 4.78 is 2.19. The molecule has 0 unspecified atom stereocenters. The number of hydrogen-bond acceptors (Lipinski definition) is 3. The highest BCUT2D eigenvalue weighted by atomic mass is 15.3. The number of nitrogens with one attached hydrogen (secondary N) is 1. The number of imidazole rings is 1. The maximum absolute atomic E-state index is 4.41. The van der Waals surface area contributed by atoms with Gasteiger partial charge in [0, 0.05) is 44.6 Å². The van der Waals surface area contributed by atoms with Crippen LogP contribution in [0.2, 0.25) is 0 Å². The second kappa shape index (κ2) is 4.00. The molecule has 14 heavy (non-hydrogen) atoms. The maximum Gasteiger partial charge on any atom is 0.205 e. The van der Waals surface area contributed by atoms with E-state index in [1.807, 2.05) is 12.4 Å². The number of rotatable bonds is 2. The summed E-state index contributed by atoms with van der Waals surface area (Å²) in [5.74, 6) is 1.11. The number of aryl methyl sites for hydroxylation is 1. The van der Waals surface area contributed by atoms with Crippen molar-refractivity contribution in [2.75, 3.05) is 24.5 Å². The van der Waals surface area contributed by atoms with Gasteiger partial charge >= 0.3 is 0 Å². The van der Waals surface area contributed by atoms with Crippen molar-refractivity contribution in [3.8, 4) is 0 Å². The summed E-state index contributed by atoms with van der Waals surface area (Å²) in [6, 6.07) is 0.561. The van der Waals surface area contributed by atoms with E-state index in [1.54, 1.807) is 0 Å². The van der Waals surface area contributed by atoms with E-state index >= 15 is 0 Å². The zero-order chi connectivity index (χ0) is 9.97. The average molecular weight is 194 g/mol. The van der Waals surface area contributed by atoms with E-state index in [-0.39, 0.29) is 0 Å². The number of hydrogen-bond donors (Lipinski definition) is 1. The van der Waals surface area contributed by atoms with E-state index in [4.69, 9.17) is 0 Å². The first-order valence-corrected chi connectivity index (χ1v) is 5.30. The van der Waals surface area contributed by atoms with Gasteiger partial charge in [-0.15, -0.1) is 0 Å². The lowest BCUT2D eigenvalue weighted by Crippen LogP contribution is -2.50. The largest absolute Gasteiger partial charge is 0.339 e. The molecule has 0 aromatic carbocycles. The Bertz CT molecular complexity index is 294. The molecule has 0 aliphatic carbocycles. The molecule has 1 aromatic rings. The Labute approximate surface area is 84.9 Å². The van der Waals surface area contributed by atoms with Gasteiger partial charge in [0.2, 0.25) is 5.95 Å². The topological polar surface area (TPSA) is 33.1 Å². The van der Waals surface area contributed by atoms with Crippen LogP contribution in [0, 0.1) is 0 Å². The fourth-order valence-electron chi connectivity index (χ4n) is 1.95. The normalized spacial score (nSPS) is 22.7. The van der Waals surface area contributed by atoms with E-state index in [1.165, 1.54) is 0 Å². The van der Waals surface area contributed by atoms with E-state index in [0.717, 1.165) is 32.1 Å². The lowest BCUT2D eigenvalue weighted by Gasteiger charge is -2.32. The summed E-state index contributed by atoms with van der Waals surface area (Å²) in [6.07, 6.45) is 3.92. The Morgan fingerprint density at radius 3 is 3.21 bits per heavy atom. The molecule has 1 aliphatic heterocycles. The van der Waals surface area contributed by atoms with Gasteiger partial charge in [-0.1, -0.05) is 0 Å².